The monoisotopic (exact) mass is 421 g/mol. The molecule has 7 nitrogen and oxygen atoms in total. The molecule has 2 heterocycles. The van der Waals surface area contributed by atoms with Crippen molar-refractivity contribution >= 4 is 11.6 Å². The Bertz CT molecular complexity index is 1240. The van der Waals surface area contributed by atoms with E-state index in [9.17, 15) is 13.6 Å². The highest BCUT2D eigenvalue weighted by atomic mass is 19.2. The van der Waals surface area contributed by atoms with Gasteiger partial charge in [-0.1, -0.05) is 0 Å². The van der Waals surface area contributed by atoms with Crippen molar-refractivity contribution in [3.63, 3.8) is 0 Å². The van der Waals surface area contributed by atoms with Crippen LogP contribution in [0.2, 0.25) is 0 Å². The summed E-state index contributed by atoms with van der Waals surface area (Å²) in [5.41, 5.74) is 2.37. The number of hydrogen-bond acceptors (Lipinski definition) is 5. The van der Waals surface area contributed by atoms with E-state index in [0.29, 0.717) is 23.1 Å². The van der Waals surface area contributed by atoms with Crippen molar-refractivity contribution in [3.8, 4) is 17.4 Å². The van der Waals surface area contributed by atoms with Gasteiger partial charge in [0.05, 0.1) is 5.69 Å². The number of nitrogens with one attached hydrogen (secondary N) is 1. The highest BCUT2D eigenvalue weighted by molar-refractivity contribution is 6.04. The third kappa shape index (κ3) is 4.40. The number of rotatable bonds is 5. The number of imidazole rings is 1. The van der Waals surface area contributed by atoms with Crippen molar-refractivity contribution in [2.45, 2.75) is 13.8 Å². The third-order valence-corrected chi connectivity index (χ3v) is 4.64. The number of carbonyl (C=O) groups excluding carboxylic acids is 1. The molecule has 0 aliphatic heterocycles. The molecular weight excluding hydrogens is 404 g/mol. The number of halogens is 2. The summed E-state index contributed by atoms with van der Waals surface area (Å²) in [5.74, 6) is -1.23. The number of nitrogens with zero attached hydrogens (tertiary/aromatic N) is 4. The maximum Gasteiger partial charge on any atom is 0.255 e. The van der Waals surface area contributed by atoms with Crippen molar-refractivity contribution < 1.29 is 18.3 Å². The minimum absolute atomic E-state index is 0.0120. The van der Waals surface area contributed by atoms with Crippen molar-refractivity contribution in [3.05, 3.63) is 89.5 Å². The molecule has 1 amide bonds. The third-order valence-electron chi connectivity index (χ3n) is 4.64. The summed E-state index contributed by atoms with van der Waals surface area (Å²) in [5, 5.41) is 10.8. The van der Waals surface area contributed by atoms with Gasteiger partial charge in [-0.05, 0) is 62.4 Å². The highest BCUT2D eigenvalue weighted by Crippen LogP contribution is 2.22. The molecule has 0 radical (unpaired) electrons. The van der Waals surface area contributed by atoms with E-state index < -0.39 is 17.5 Å². The average molecular weight is 421 g/mol. The fraction of sp³-hybridized carbons (Fsp3) is 0.0909. The average Bonchev–Trinajstić information content (AvgIpc) is 3.10. The Labute approximate surface area is 176 Å². The lowest BCUT2D eigenvalue weighted by Crippen LogP contribution is -2.12. The highest BCUT2D eigenvalue weighted by Gasteiger charge is 2.11. The number of aryl methyl sites for hydroxylation is 1. The first-order chi connectivity index (χ1) is 14.9. The molecule has 0 saturated carbocycles. The molecule has 156 valence electrons. The summed E-state index contributed by atoms with van der Waals surface area (Å²) in [6, 6.07) is 12.9. The number of aromatic nitrogens is 4. The first-order valence-electron chi connectivity index (χ1n) is 9.29. The summed E-state index contributed by atoms with van der Waals surface area (Å²) in [7, 11) is 0. The SMILES string of the molecule is Cc1ncn(-c2ccc(Oc3ccc(NC(=O)c4ccc(F)c(F)c4)cc3)nn2)c1C. The van der Waals surface area contributed by atoms with E-state index in [0.717, 1.165) is 23.5 Å². The van der Waals surface area contributed by atoms with E-state index in [2.05, 4.69) is 20.5 Å². The quantitative estimate of drug-likeness (QED) is 0.509. The number of benzene rings is 2. The van der Waals surface area contributed by atoms with Gasteiger partial charge in [0.2, 0.25) is 5.88 Å². The Morgan fingerprint density at radius 3 is 2.35 bits per heavy atom. The fourth-order valence-electron chi connectivity index (χ4n) is 2.79. The van der Waals surface area contributed by atoms with Crippen LogP contribution in [-0.2, 0) is 0 Å². The topological polar surface area (TPSA) is 81.9 Å². The second-order valence-electron chi connectivity index (χ2n) is 6.72. The second kappa shape index (κ2) is 8.31. The molecule has 9 heteroatoms. The van der Waals surface area contributed by atoms with Crippen LogP contribution < -0.4 is 10.1 Å². The Morgan fingerprint density at radius 2 is 1.74 bits per heavy atom. The van der Waals surface area contributed by atoms with E-state index in [4.69, 9.17) is 4.74 Å². The Balaban J connectivity index is 1.41. The number of hydrogen-bond donors (Lipinski definition) is 1. The van der Waals surface area contributed by atoms with Gasteiger partial charge in [0.1, 0.15) is 12.1 Å². The Hall–Kier alpha value is -4.14. The molecule has 1 N–H and O–H groups in total. The van der Waals surface area contributed by atoms with Crippen LogP contribution in [0.1, 0.15) is 21.7 Å². The van der Waals surface area contributed by atoms with E-state index in [1.54, 1.807) is 42.7 Å². The van der Waals surface area contributed by atoms with Gasteiger partial charge in [0.15, 0.2) is 17.5 Å². The molecule has 4 rings (SSSR count). The number of carbonyl (C=O) groups is 1. The van der Waals surface area contributed by atoms with Crippen molar-refractivity contribution in [2.24, 2.45) is 0 Å². The van der Waals surface area contributed by atoms with Crippen LogP contribution in [0, 0.1) is 25.5 Å². The van der Waals surface area contributed by atoms with Gasteiger partial charge >= 0.3 is 0 Å². The lowest BCUT2D eigenvalue weighted by atomic mass is 10.2. The molecule has 4 aromatic rings. The van der Waals surface area contributed by atoms with Gasteiger partial charge in [0.25, 0.3) is 5.91 Å². The smallest absolute Gasteiger partial charge is 0.255 e. The maximum absolute atomic E-state index is 13.3. The molecule has 0 unspecified atom stereocenters. The summed E-state index contributed by atoms with van der Waals surface area (Å²) >= 11 is 0. The zero-order valence-corrected chi connectivity index (χ0v) is 16.6. The molecule has 0 atom stereocenters. The molecular formula is C22H17F2N5O2. The van der Waals surface area contributed by atoms with Crippen LogP contribution in [0.15, 0.2) is 60.9 Å². The Morgan fingerprint density at radius 1 is 0.968 bits per heavy atom. The summed E-state index contributed by atoms with van der Waals surface area (Å²) < 4.78 is 33.8. The van der Waals surface area contributed by atoms with Crippen LogP contribution in [0.5, 0.6) is 11.6 Å². The van der Waals surface area contributed by atoms with E-state index >= 15 is 0 Å². The normalized spacial score (nSPS) is 10.7. The lowest BCUT2D eigenvalue weighted by molar-refractivity contribution is 0.102. The van der Waals surface area contributed by atoms with E-state index in [1.807, 2.05) is 18.4 Å². The summed E-state index contributed by atoms with van der Waals surface area (Å²) in [4.78, 5) is 16.4. The van der Waals surface area contributed by atoms with Crippen LogP contribution >= 0.6 is 0 Å². The van der Waals surface area contributed by atoms with Gasteiger partial charge < -0.3 is 10.1 Å². The predicted octanol–water partition coefficient (Wildman–Crippen LogP) is 4.60. The Kier molecular flexibility index (Phi) is 5.40. The van der Waals surface area contributed by atoms with E-state index in [-0.39, 0.29) is 5.56 Å². The minimum Gasteiger partial charge on any atom is -0.438 e. The zero-order valence-electron chi connectivity index (χ0n) is 16.6. The molecule has 0 aliphatic rings. The van der Waals surface area contributed by atoms with E-state index in [1.165, 1.54) is 6.07 Å². The number of amides is 1. The molecule has 2 aromatic carbocycles. The van der Waals surface area contributed by atoms with Crippen molar-refractivity contribution in [1.29, 1.82) is 0 Å². The first kappa shape index (κ1) is 20.1. The molecule has 0 aliphatic carbocycles. The maximum atomic E-state index is 13.3. The molecule has 31 heavy (non-hydrogen) atoms. The molecule has 0 saturated heterocycles. The van der Waals surface area contributed by atoms with Crippen LogP contribution in [-0.4, -0.2) is 25.7 Å². The van der Waals surface area contributed by atoms with Gasteiger partial charge in [0, 0.05) is 23.0 Å². The number of ether oxygens (including phenoxy) is 1. The fourth-order valence-corrected chi connectivity index (χ4v) is 2.79. The lowest BCUT2D eigenvalue weighted by Gasteiger charge is -2.08. The van der Waals surface area contributed by atoms with Gasteiger partial charge in [-0.2, -0.15) is 0 Å². The van der Waals surface area contributed by atoms with Gasteiger partial charge in [-0.25, -0.2) is 13.8 Å². The van der Waals surface area contributed by atoms with Crippen molar-refractivity contribution in [1.82, 2.24) is 19.7 Å². The second-order valence-corrected chi connectivity index (χ2v) is 6.72. The molecule has 0 bridgehead atoms. The predicted molar refractivity (Wildman–Crippen MR) is 109 cm³/mol. The van der Waals surface area contributed by atoms with Crippen LogP contribution in [0.25, 0.3) is 5.82 Å². The minimum atomic E-state index is -1.08. The van der Waals surface area contributed by atoms with Gasteiger partial charge in [-0.3, -0.25) is 9.36 Å². The molecule has 2 aromatic heterocycles. The standard InChI is InChI=1S/C22H17F2N5O2/c1-13-14(2)29(12-25-13)20-9-10-21(28-27-20)31-17-6-4-16(5-7-17)26-22(30)15-3-8-18(23)19(24)11-15/h3-12H,1-2H3,(H,26,30). The first-order valence-corrected chi connectivity index (χ1v) is 9.29. The largest absolute Gasteiger partial charge is 0.438 e. The van der Waals surface area contributed by atoms with Gasteiger partial charge in [-0.15, -0.1) is 10.2 Å². The molecule has 0 fully saturated rings. The summed E-state index contributed by atoms with van der Waals surface area (Å²) in [6.07, 6.45) is 1.68. The van der Waals surface area contributed by atoms with Crippen molar-refractivity contribution in [2.75, 3.05) is 5.32 Å². The zero-order chi connectivity index (χ0) is 22.0. The summed E-state index contributed by atoms with van der Waals surface area (Å²) in [6.45, 7) is 3.86. The van der Waals surface area contributed by atoms with Crippen LogP contribution in [0.3, 0.4) is 0 Å². The number of anilines is 1. The molecule has 0 spiro atoms. The van der Waals surface area contributed by atoms with Crippen LogP contribution in [0.4, 0.5) is 14.5 Å².